The van der Waals surface area contributed by atoms with Gasteiger partial charge in [0.1, 0.15) is 11.6 Å². The SMILES string of the molecule is CCc1nc(COc2cc(F)ccc2C(C)N)no1. The first-order valence-corrected chi connectivity index (χ1v) is 6.09. The number of nitrogens with two attached hydrogens (primary N) is 1. The smallest absolute Gasteiger partial charge is 0.226 e. The second kappa shape index (κ2) is 5.79. The number of hydrogen-bond donors (Lipinski definition) is 1. The Balaban J connectivity index is 2.12. The van der Waals surface area contributed by atoms with Crippen LogP contribution in [0, 0.1) is 5.82 Å². The van der Waals surface area contributed by atoms with E-state index >= 15 is 0 Å². The number of aryl methyl sites for hydroxylation is 1. The van der Waals surface area contributed by atoms with E-state index in [0.717, 1.165) is 5.56 Å². The molecule has 6 heteroatoms. The van der Waals surface area contributed by atoms with Gasteiger partial charge in [-0.3, -0.25) is 0 Å². The molecule has 0 radical (unpaired) electrons. The van der Waals surface area contributed by atoms with E-state index < -0.39 is 0 Å². The fourth-order valence-corrected chi connectivity index (χ4v) is 1.64. The molecule has 0 aliphatic rings. The lowest BCUT2D eigenvalue weighted by molar-refractivity contribution is 0.280. The lowest BCUT2D eigenvalue weighted by Gasteiger charge is -2.12. The molecule has 0 aliphatic carbocycles. The lowest BCUT2D eigenvalue weighted by Crippen LogP contribution is -2.08. The summed E-state index contributed by atoms with van der Waals surface area (Å²) in [7, 11) is 0. The van der Waals surface area contributed by atoms with Crippen LogP contribution in [-0.2, 0) is 13.0 Å². The summed E-state index contributed by atoms with van der Waals surface area (Å²) >= 11 is 0. The fourth-order valence-electron chi connectivity index (χ4n) is 1.64. The highest BCUT2D eigenvalue weighted by molar-refractivity contribution is 5.36. The lowest BCUT2D eigenvalue weighted by atomic mass is 10.1. The fraction of sp³-hybridized carbons (Fsp3) is 0.385. The van der Waals surface area contributed by atoms with Gasteiger partial charge >= 0.3 is 0 Å². The topological polar surface area (TPSA) is 74.2 Å². The average molecular weight is 265 g/mol. The predicted octanol–water partition coefficient (Wildman–Crippen LogP) is 2.37. The maximum Gasteiger partial charge on any atom is 0.226 e. The zero-order valence-corrected chi connectivity index (χ0v) is 10.9. The van der Waals surface area contributed by atoms with Crippen LogP contribution in [0.15, 0.2) is 22.7 Å². The van der Waals surface area contributed by atoms with Crippen LogP contribution in [0.5, 0.6) is 5.75 Å². The first-order chi connectivity index (χ1) is 9.10. The van der Waals surface area contributed by atoms with E-state index in [4.69, 9.17) is 15.0 Å². The van der Waals surface area contributed by atoms with Gasteiger partial charge < -0.3 is 15.0 Å². The molecule has 1 unspecified atom stereocenters. The molecule has 0 saturated heterocycles. The second-order valence-electron chi connectivity index (χ2n) is 4.22. The van der Waals surface area contributed by atoms with Crippen molar-refractivity contribution in [2.24, 2.45) is 5.73 Å². The second-order valence-corrected chi connectivity index (χ2v) is 4.22. The average Bonchev–Trinajstić information content (AvgIpc) is 2.84. The van der Waals surface area contributed by atoms with Crippen molar-refractivity contribution in [2.75, 3.05) is 0 Å². The summed E-state index contributed by atoms with van der Waals surface area (Å²) in [5.74, 6) is 1.00. The first-order valence-electron chi connectivity index (χ1n) is 6.09. The van der Waals surface area contributed by atoms with Crippen molar-refractivity contribution in [1.82, 2.24) is 10.1 Å². The highest BCUT2D eigenvalue weighted by Crippen LogP contribution is 2.25. The third-order valence-electron chi connectivity index (χ3n) is 2.64. The zero-order valence-electron chi connectivity index (χ0n) is 10.9. The van der Waals surface area contributed by atoms with E-state index in [1.54, 1.807) is 6.07 Å². The van der Waals surface area contributed by atoms with Gasteiger partial charge in [0, 0.05) is 24.1 Å². The van der Waals surface area contributed by atoms with E-state index in [1.807, 2.05) is 13.8 Å². The maximum atomic E-state index is 13.2. The van der Waals surface area contributed by atoms with Crippen molar-refractivity contribution < 1.29 is 13.7 Å². The highest BCUT2D eigenvalue weighted by Gasteiger charge is 2.11. The molecule has 0 saturated carbocycles. The summed E-state index contributed by atoms with van der Waals surface area (Å²) in [5.41, 5.74) is 6.54. The van der Waals surface area contributed by atoms with Crippen LogP contribution < -0.4 is 10.5 Å². The number of hydrogen-bond acceptors (Lipinski definition) is 5. The zero-order chi connectivity index (χ0) is 13.8. The number of benzene rings is 1. The van der Waals surface area contributed by atoms with Gasteiger partial charge in [0.15, 0.2) is 6.61 Å². The molecule has 2 N–H and O–H groups in total. The minimum atomic E-state index is -0.373. The minimum Gasteiger partial charge on any atom is -0.485 e. The van der Waals surface area contributed by atoms with Crippen molar-refractivity contribution in [3.05, 3.63) is 41.3 Å². The molecule has 1 heterocycles. The van der Waals surface area contributed by atoms with Crippen molar-refractivity contribution in [1.29, 1.82) is 0 Å². The van der Waals surface area contributed by atoms with Crippen molar-refractivity contribution in [3.8, 4) is 5.75 Å². The Morgan fingerprint density at radius 1 is 1.47 bits per heavy atom. The van der Waals surface area contributed by atoms with Gasteiger partial charge in [0.05, 0.1) is 0 Å². The van der Waals surface area contributed by atoms with E-state index in [2.05, 4.69) is 10.1 Å². The van der Waals surface area contributed by atoms with Crippen LogP contribution in [0.25, 0.3) is 0 Å². The quantitative estimate of drug-likeness (QED) is 0.898. The van der Waals surface area contributed by atoms with Crippen LogP contribution in [0.4, 0.5) is 4.39 Å². The first kappa shape index (κ1) is 13.5. The van der Waals surface area contributed by atoms with E-state index in [-0.39, 0.29) is 18.5 Å². The summed E-state index contributed by atoms with van der Waals surface area (Å²) in [4.78, 5) is 4.11. The Morgan fingerprint density at radius 2 is 2.26 bits per heavy atom. The van der Waals surface area contributed by atoms with Crippen LogP contribution in [0.2, 0.25) is 0 Å². The molecule has 0 fully saturated rings. The van der Waals surface area contributed by atoms with Gasteiger partial charge in [-0.25, -0.2) is 4.39 Å². The molecule has 0 amide bonds. The Labute approximate surface area is 110 Å². The summed E-state index contributed by atoms with van der Waals surface area (Å²) in [6, 6.07) is 4.03. The standard InChI is InChI=1S/C13H16FN3O2/c1-3-13-16-12(17-19-13)7-18-11-6-9(14)4-5-10(11)8(2)15/h4-6,8H,3,7,15H2,1-2H3. The van der Waals surface area contributed by atoms with E-state index in [0.29, 0.717) is 23.9 Å². The van der Waals surface area contributed by atoms with Crippen LogP contribution in [0.3, 0.4) is 0 Å². The normalized spacial score (nSPS) is 12.4. The monoisotopic (exact) mass is 265 g/mol. The Kier molecular flexibility index (Phi) is 4.11. The number of halogens is 1. The molecule has 2 aromatic rings. The third kappa shape index (κ3) is 3.29. The number of nitrogens with zero attached hydrogens (tertiary/aromatic N) is 2. The van der Waals surface area contributed by atoms with Gasteiger partial charge in [-0.05, 0) is 13.0 Å². The van der Waals surface area contributed by atoms with Gasteiger partial charge in [0.2, 0.25) is 11.7 Å². The van der Waals surface area contributed by atoms with Gasteiger partial charge in [-0.2, -0.15) is 4.98 Å². The highest BCUT2D eigenvalue weighted by atomic mass is 19.1. The molecule has 1 aromatic carbocycles. The number of aromatic nitrogens is 2. The van der Waals surface area contributed by atoms with Crippen LogP contribution >= 0.6 is 0 Å². The summed E-state index contributed by atoms with van der Waals surface area (Å²) in [5, 5.41) is 3.76. The predicted molar refractivity (Wildman–Crippen MR) is 67.0 cm³/mol. The molecule has 1 aromatic heterocycles. The van der Waals surface area contributed by atoms with Gasteiger partial charge in [-0.1, -0.05) is 18.1 Å². The molecule has 102 valence electrons. The summed E-state index contributed by atoms with van der Waals surface area (Å²) in [6.07, 6.45) is 0.665. The number of rotatable bonds is 5. The molecule has 0 spiro atoms. The molecule has 1 atom stereocenters. The Morgan fingerprint density at radius 3 is 2.89 bits per heavy atom. The van der Waals surface area contributed by atoms with Crippen molar-refractivity contribution >= 4 is 0 Å². The summed E-state index contributed by atoms with van der Waals surface area (Å²) < 4.78 is 23.7. The molecular weight excluding hydrogens is 249 g/mol. The van der Waals surface area contributed by atoms with Crippen molar-refractivity contribution in [2.45, 2.75) is 32.9 Å². The van der Waals surface area contributed by atoms with E-state index in [9.17, 15) is 4.39 Å². The van der Waals surface area contributed by atoms with Crippen LogP contribution in [0.1, 0.15) is 37.2 Å². The Hall–Kier alpha value is -1.95. The molecule has 0 aliphatic heterocycles. The van der Waals surface area contributed by atoms with Gasteiger partial charge in [-0.15, -0.1) is 0 Å². The number of ether oxygens (including phenoxy) is 1. The van der Waals surface area contributed by atoms with Gasteiger partial charge in [0.25, 0.3) is 0 Å². The molecule has 19 heavy (non-hydrogen) atoms. The Bertz CT molecular complexity index is 555. The van der Waals surface area contributed by atoms with Crippen molar-refractivity contribution in [3.63, 3.8) is 0 Å². The molecular formula is C13H16FN3O2. The molecule has 2 rings (SSSR count). The van der Waals surface area contributed by atoms with Crippen LogP contribution in [-0.4, -0.2) is 10.1 Å². The molecule has 0 bridgehead atoms. The van der Waals surface area contributed by atoms with E-state index in [1.165, 1.54) is 12.1 Å². The minimum absolute atomic E-state index is 0.118. The third-order valence-corrected chi connectivity index (χ3v) is 2.64. The summed E-state index contributed by atoms with van der Waals surface area (Å²) in [6.45, 7) is 3.84. The molecule has 5 nitrogen and oxygen atoms in total. The maximum absolute atomic E-state index is 13.2. The largest absolute Gasteiger partial charge is 0.485 e.